The lowest BCUT2D eigenvalue weighted by atomic mass is 9.86. The molecule has 0 aliphatic carbocycles. The molecule has 1 aliphatic rings. The molecule has 0 saturated carbocycles. The van der Waals surface area contributed by atoms with Gasteiger partial charge in [-0.3, -0.25) is 0 Å². The van der Waals surface area contributed by atoms with Crippen LogP contribution in [-0.4, -0.2) is 39.8 Å². The van der Waals surface area contributed by atoms with E-state index >= 15 is 0 Å². The summed E-state index contributed by atoms with van der Waals surface area (Å²) in [6.45, 7) is 3.05. The number of likely N-dealkylation sites (N-methyl/N-ethyl adjacent to an activating group) is 1. The van der Waals surface area contributed by atoms with Crippen LogP contribution >= 0.6 is 0 Å². The molecule has 1 unspecified atom stereocenters. The largest absolute Gasteiger partial charge is 0.480 e. The van der Waals surface area contributed by atoms with Gasteiger partial charge in [0, 0.05) is 7.05 Å². The Morgan fingerprint density at radius 1 is 1.47 bits per heavy atom. The highest BCUT2D eigenvalue weighted by Crippen LogP contribution is 2.37. The van der Waals surface area contributed by atoms with E-state index in [2.05, 4.69) is 0 Å². The molecule has 15 heavy (non-hydrogen) atoms. The van der Waals surface area contributed by atoms with Gasteiger partial charge in [0.1, 0.15) is 11.3 Å². The van der Waals surface area contributed by atoms with E-state index < -0.39 is 17.5 Å². The smallest absolute Gasteiger partial charge is 0.337 e. The van der Waals surface area contributed by atoms with Gasteiger partial charge in [-0.05, 0) is 13.3 Å². The number of carboxylic acids is 2. The molecule has 0 spiro atoms. The minimum absolute atomic E-state index is 0.120. The van der Waals surface area contributed by atoms with E-state index in [1.54, 1.807) is 6.92 Å². The molecular weight excluding hydrogens is 202 g/mol. The van der Waals surface area contributed by atoms with Crippen molar-refractivity contribution in [1.82, 2.24) is 5.06 Å². The lowest BCUT2D eigenvalue weighted by molar-refractivity contribution is -0.176. The molecule has 1 aliphatic heterocycles. The Morgan fingerprint density at radius 2 is 2.00 bits per heavy atom. The maximum Gasteiger partial charge on any atom is 0.337 e. The van der Waals surface area contributed by atoms with Gasteiger partial charge < -0.3 is 15.1 Å². The Balaban J connectivity index is 3.36. The lowest BCUT2D eigenvalue weighted by Gasteiger charge is -2.29. The van der Waals surface area contributed by atoms with Gasteiger partial charge in [-0.15, -0.1) is 5.06 Å². The van der Waals surface area contributed by atoms with Crippen LogP contribution in [-0.2, 0) is 14.4 Å². The summed E-state index contributed by atoms with van der Waals surface area (Å²) in [6, 6.07) is 0. The molecule has 0 aromatic heterocycles. The Labute approximate surface area is 86.7 Å². The number of carboxylic acid groups (broad SMARTS) is 2. The van der Waals surface area contributed by atoms with Gasteiger partial charge in [0.15, 0.2) is 5.54 Å². The van der Waals surface area contributed by atoms with Crippen molar-refractivity contribution in [2.24, 2.45) is 0 Å². The van der Waals surface area contributed by atoms with Crippen LogP contribution in [0.1, 0.15) is 20.3 Å². The summed E-state index contributed by atoms with van der Waals surface area (Å²) >= 11 is 0. The number of hydrogen-bond donors (Lipinski definition) is 2. The number of rotatable bonds is 3. The highest BCUT2D eigenvalue weighted by atomic mass is 16.7. The standard InChI is InChI=1S/C9H13NO5/c1-4-9(8(13)14)6(7(11)12)5(2)15-10(9)3/h4H2,1-3H3,(H,11,12)(H,13,14). The summed E-state index contributed by atoms with van der Waals surface area (Å²) in [5.41, 5.74) is -1.80. The SMILES string of the molecule is CCC1(C(=O)O)C(C(=O)O)=C(C)ON1C. The molecule has 0 aromatic carbocycles. The predicted octanol–water partition coefficient (Wildman–Crippen LogP) is 0.455. The van der Waals surface area contributed by atoms with Crippen LogP contribution in [0.3, 0.4) is 0 Å². The topological polar surface area (TPSA) is 87.1 Å². The second kappa shape index (κ2) is 3.54. The Bertz CT molecular complexity index is 348. The molecule has 6 nitrogen and oxygen atoms in total. The summed E-state index contributed by atoms with van der Waals surface area (Å²) < 4.78 is 0. The van der Waals surface area contributed by atoms with Crippen LogP contribution in [0, 0.1) is 0 Å². The number of nitrogens with zero attached hydrogens (tertiary/aromatic N) is 1. The first-order chi connectivity index (χ1) is 6.87. The molecule has 6 heteroatoms. The number of hydrogen-bond acceptors (Lipinski definition) is 4. The molecule has 84 valence electrons. The third kappa shape index (κ3) is 1.37. The summed E-state index contributed by atoms with van der Waals surface area (Å²) in [5.74, 6) is -2.36. The molecule has 1 rings (SSSR count). The molecule has 1 atom stereocenters. The van der Waals surface area contributed by atoms with Crippen molar-refractivity contribution in [2.45, 2.75) is 25.8 Å². The van der Waals surface area contributed by atoms with Gasteiger partial charge in [0.05, 0.1) is 0 Å². The fraction of sp³-hybridized carbons (Fsp3) is 0.556. The van der Waals surface area contributed by atoms with E-state index in [1.807, 2.05) is 0 Å². The van der Waals surface area contributed by atoms with Crippen LogP contribution in [0.2, 0.25) is 0 Å². The summed E-state index contributed by atoms with van der Waals surface area (Å²) in [4.78, 5) is 27.3. The Hall–Kier alpha value is -1.56. The first kappa shape index (κ1) is 11.5. The van der Waals surface area contributed by atoms with Gasteiger partial charge in [-0.2, -0.15) is 0 Å². The first-order valence-electron chi connectivity index (χ1n) is 4.47. The molecule has 2 N–H and O–H groups in total. The van der Waals surface area contributed by atoms with Gasteiger partial charge in [0.2, 0.25) is 0 Å². The van der Waals surface area contributed by atoms with Crippen molar-refractivity contribution in [2.75, 3.05) is 7.05 Å². The van der Waals surface area contributed by atoms with Gasteiger partial charge in [-0.1, -0.05) is 6.92 Å². The molecule has 0 saturated heterocycles. The molecule has 1 heterocycles. The monoisotopic (exact) mass is 215 g/mol. The second-order valence-corrected chi connectivity index (χ2v) is 3.34. The minimum Gasteiger partial charge on any atom is -0.480 e. The average molecular weight is 215 g/mol. The maximum atomic E-state index is 11.2. The third-order valence-corrected chi connectivity index (χ3v) is 2.66. The summed E-state index contributed by atoms with van der Waals surface area (Å²) in [6.07, 6.45) is 0.123. The Morgan fingerprint density at radius 3 is 2.27 bits per heavy atom. The van der Waals surface area contributed by atoms with E-state index in [4.69, 9.17) is 15.1 Å². The molecular formula is C9H13NO5. The van der Waals surface area contributed by atoms with Crippen molar-refractivity contribution >= 4 is 11.9 Å². The van der Waals surface area contributed by atoms with E-state index in [0.717, 1.165) is 5.06 Å². The van der Waals surface area contributed by atoms with E-state index in [0.29, 0.717) is 0 Å². The van der Waals surface area contributed by atoms with Gasteiger partial charge >= 0.3 is 11.9 Å². The normalized spacial score (nSPS) is 26.6. The van der Waals surface area contributed by atoms with Crippen molar-refractivity contribution in [3.8, 4) is 0 Å². The molecule has 0 fully saturated rings. The van der Waals surface area contributed by atoms with E-state index in [1.165, 1.54) is 14.0 Å². The number of hydroxylamine groups is 2. The fourth-order valence-corrected chi connectivity index (χ4v) is 1.90. The maximum absolute atomic E-state index is 11.2. The van der Waals surface area contributed by atoms with Crippen LogP contribution in [0.25, 0.3) is 0 Å². The fourth-order valence-electron chi connectivity index (χ4n) is 1.90. The minimum atomic E-state index is -1.59. The number of allylic oxidation sites excluding steroid dienone is 1. The van der Waals surface area contributed by atoms with Crippen LogP contribution < -0.4 is 0 Å². The zero-order valence-corrected chi connectivity index (χ0v) is 8.77. The Kier molecular flexibility index (Phi) is 2.72. The zero-order valence-electron chi connectivity index (χ0n) is 8.77. The van der Waals surface area contributed by atoms with Crippen molar-refractivity contribution in [3.05, 3.63) is 11.3 Å². The van der Waals surface area contributed by atoms with Crippen molar-refractivity contribution in [3.63, 3.8) is 0 Å². The molecule has 0 radical (unpaired) electrons. The number of aliphatic carboxylic acids is 2. The highest BCUT2D eigenvalue weighted by Gasteiger charge is 2.55. The highest BCUT2D eigenvalue weighted by molar-refractivity contribution is 6.00. The zero-order chi connectivity index (χ0) is 11.8. The van der Waals surface area contributed by atoms with Crippen molar-refractivity contribution < 1.29 is 24.6 Å². The lowest BCUT2D eigenvalue weighted by Crippen LogP contribution is -2.51. The van der Waals surface area contributed by atoms with Gasteiger partial charge in [0.25, 0.3) is 0 Å². The summed E-state index contributed by atoms with van der Waals surface area (Å²) in [7, 11) is 1.41. The number of carbonyl (C=O) groups is 2. The summed E-state index contributed by atoms with van der Waals surface area (Å²) in [5, 5.41) is 19.2. The third-order valence-electron chi connectivity index (χ3n) is 2.66. The van der Waals surface area contributed by atoms with E-state index in [9.17, 15) is 9.59 Å². The van der Waals surface area contributed by atoms with E-state index in [-0.39, 0.29) is 17.8 Å². The molecule has 0 aromatic rings. The van der Waals surface area contributed by atoms with Crippen LogP contribution in [0.4, 0.5) is 0 Å². The average Bonchev–Trinajstić information content (AvgIpc) is 2.37. The van der Waals surface area contributed by atoms with Crippen LogP contribution in [0.5, 0.6) is 0 Å². The van der Waals surface area contributed by atoms with Gasteiger partial charge in [-0.25, -0.2) is 9.59 Å². The molecule has 0 amide bonds. The van der Waals surface area contributed by atoms with Crippen molar-refractivity contribution in [1.29, 1.82) is 0 Å². The predicted molar refractivity (Wildman–Crippen MR) is 49.8 cm³/mol. The quantitative estimate of drug-likeness (QED) is 0.711. The first-order valence-corrected chi connectivity index (χ1v) is 4.47. The molecule has 0 bridgehead atoms. The van der Waals surface area contributed by atoms with Crippen LogP contribution in [0.15, 0.2) is 11.3 Å². The second-order valence-electron chi connectivity index (χ2n) is 3.34.